The Kier molecular flexibility index (Phi) is 7.26. The van der Waals surface area contributed by atoms with E-state index in [2.05, 4.69) is 16.6 Å². The summed E-state index contributed by atoms with van der Waals surface area (Å²) in [4.78, 5) is 24.4. The maximum Gasteiger partial charge on any atom is 0.244 e. The van der Waals surface area contributed by atoms with E-state index in [1.807, 2.05) is 30.3 Å². The monoisotopic (exact) mass is 368 g/mol. The molecule has 0 aliphatic rings. The minimum atomic E-state index is -1.03. The van der Waals surface area contributed by atoms with Crippen LogP contribution in [0, 0.1) is 24.0 Å². The molecule has 0 aliphatic carbocycles. The lowest BCUT2D eigenvalue weighted by atomic mass is 10.0. The maximum atomic E-state index is 13.4. The van der Waals surface area contributed by atoms with E-state index in [9.17, 15) is 18.4 Å². The minimum Gasteiger partial charge on any atom is -0.343 e. The number of carbonyl (C=O) groups is 2. The zero-order valence-electron chi connectivity index (χ0n) is 14.4. The van der Waals surface area contributed by atoms with Gasteiger partial charge in [-0.2, -0.15) is 0 Å². The normalized spacial score (nSPS) is 11.6. The van der Waals surface area contributed by atoms with Crippen LogP contribution in [0.2, 0.25) is 0 Å². The summed E-state index contributed by atoms with van der Waals surface area (Å²) >= 11 is 0. The molecule has 2 N–H and O–H groups in total. The quantitative estimate of drug-likeness (QED) is 0.583. The van der Waals surface area contributed by atoms with Crippen LogP contribution < -0.4 is 10.6 Å². The van der Waals surface area contributed by atoms with E-state index in [-0.39, 0.29) is 18.5 Å². The highest BCUT2D eigenvalue weighted by Gasteiger charge is 2.20. The van der Waals surface area contributed by atoms with Gasteiger partial charge in [-0.15, -0.1) is 6.42 Å². The van der Waals surface area contributed by atoms with E-state index in [0.717, 1.165) is 23.8 Å². The van der Waals surface area contributed by atoms with Crippen molar-refractivity contribution in [3.63, 3.8) is 0 Å². The Bertz CT molecular complexity index is 853. The first-order valence-electron chi connectivity index (χ1n) is 8.17. The van der Waals surface area contributed by atoms with Gasteiger partial charge in [0.05, 0.1) is 6.54 Å². The summed E-state index contributed by atoms with van der Waals surface area (Å²) in [6.45, 7) is -0.0252. The predicted octanol–water partition coefficient (Wildman–Crippen LogP) is 2.45. The fraction of sp³-hybridized carbons (Fsp3) is 0.143. The summed E-state index contributed by atoms with van der Waals surface area (Å²) in [5, 5.41) is 4.99. The fourth-order valence-electron chi connectivity index (χ4n) is 2.39. The van der Waals surface area contributed by atoms with Crippen molar-refractivity contribution in [3.05, 3.63) is 77.4 Å². The zero-order valence-corrected chi connectivity index (χ0v) is 14.4. The van der Waals surface area contributed by atoms with E-state index in [4.69, 9.17) is 6.42 Å². The summed E-state index contributed by atoms with van der Waals surface area (Å²) in [6.07, 6.45) is 7.90. The topological polar surface area (TPSA) is 58.2 Å². The first-order valence-corrected chi connectivity index (χ1v) is 8.17. The van der Waals surface area contributed by atoms with Gasteiger partial charge in [0.2, 0.25) is 11.8 Å². The Morgan fingerprint density at radius 1 is 1.11 bits per heavy atom. The highest BCUT2D eigenvalue weighted by Crippen LogP contribution is 2.10. The highest BCUT2D eigenvalue weighted by atomic mass is 19.1. The number of carbonyl (C=O) groups excluding carboxylic acids is 2. The number of hydrogen-bond donors (Lipinski definition) is 2. The molecule has 0 aliphatic heterocycles. The van der Waals surface area contributed by atoms with Gasteiger partial charge in [-0.25, -0.2) is 8.78 Å². The highest BCUT2D eigenvalue weighted by molar-refractivity contribution is 5.95. The molecule has 0 radical (unpaired) electrons. The molecule has 2 amide bonds. The lowest BCUT2D eigenvalue weighted by Crippen LogP contribution is -2.47. The van der Waals surface area contributed by atoms with Gasteiger partial charge < -0.3 is 10.6 Å². The number of amides is 2. The Hall–Kier alpha value is -3.46. The minimum absolute atomic E-state index is 0.0252. The van der Waals surface area contributed by atoms with Gasteiger partial charge in [-0.3, -0.25) is 9.59 Å². The first kappa shape index (κ1) is 19.9. The second kappa shape index (κ2) is 9.88. The van der Waals surface area contributed by atoms with Gasteiger partial charge in [0.15, 0.2) is 0 Å². The third kappa shape index (κ3) is 6.75. The van der Waals surface area contributed by atoms with E-state index in [0.29, 0.717) is 0 Å². The lowest BCUT2D eigenvalue weighted by Gasteiger charge is -2.17. The second-order valence-corrected chi connectivity index (χ2v) is 5.71. The second-order valence-electron chi connectivity index (χ2n) is 5.71. The number of hydrogen-bond acceptors (Lipinski definition) is 2. The molecule has 0 aromatic heterocycles. The molecule has 2 rings (SSSR count). The summed E-state index contributed by atoms with van der Waals surface area (Å²) in [5.41, 5.74) is 1.05. The molecule has 0 saturated heterocycles. The molecular formula is C21H18F2N2O2. The predicted molar refractivity (Wildman–Crippen MR) is 99.3 cm³/mol. The van der Waals surface area contributed by atoms with Crippen molar-refractivity contribution in [2.75, 3.05) is 6.54 Å². The molecular weight excluding hydrogens is 350 g/mol. The summed E-state index contributed by atoms with van der Waals surface area (Å²) < 4.78 is 26.8. The van der Waals surface area contributed by atoms with Crippen LogP contribution in [0.25, 0.3) is 6.08 Å². The Morgan fingerprint density at radius 3 is 2.41 bits per heavy atom. The van der Waals surface area contributed by atoms with Gasteiger partial charge in [-0.05, 0) is 29.3 Å². The third-order valence-electron chi connectivity index (χ3n) is 3.59. The third-order valence-corrected chi connectivity index (χ3v) is 3.59. The smallest absolute Gasteiger partial charge is 0.244 e. The van der Waals surface area contributed by atoms with Crippen molar-refractivity contribution in [1.82, 2.24) is 10.6 Å². The van der Waals surface area contributed by atoms with Gasteiger partial charge >= 0.3 is 0 Å². The molecule has 0 fully saturated rings. The van der Waals surface area contributed by atoms with Crippen molar-refractivity contribution in [3.8, 4) is 12.3 Å². The van der Waals surface area contributed by atoms with E-state index < -0.39 is 29.5 Å². The molecule has 0 heterocycles. The number of rotatable bonds is 7. The average molecular weight is 368 g/mol. The molecule has 6 heteroatoms. The van der Waals surface area contributed by atoms with Crippen LogP contribution >= 0.6 is 0 Å². The molecule has 1 atom stereocenters. The van der Waals surface area contributed by atoms with Crippen molar-refractivity contribution in [1.29, 1.82) is 0 Å². The molecule has 0 saturated carbocycles. The number of benzene rings is 2. The van der Waals surface area contributed by atoms with Crippen LogP contribution in [0.1, 0.15) is 11.1 Å². The van der Waals surface area contributed by atoms with Crippen molar-refractivity contribution < 1.29 is 18.4 Å². The van der Waals surface area contributed by atoms with Crippen molar-refractivity contribution in [2.45, 2.75) is 12.5 Å². The van der Waals surface area contributed by atoms with Crippen LogP contribution in [0.4, 0.5) is 8.78 Å². The molecule has 138 valence electrons. The number of nitrogens with one attached hydrogen (secondary N) is 2. The van der Waals surface area contributed by atoms with E-state index in [1.54, 1.807) is 6.08 Å². The standard InChI is InChI=1S/C21H18F2N2O2/c1-2-10-24-21(27)19(13-16-11-17(22)14-18(23)12-16)25-20(26)9-8-15-6-4-3-5-7-15/h1,3-9,11-12,14,19H,10,13H2,(H,24,27)(H,25,26)/b9-8+/t19-/m0/s1. The van der Waals surface area contributed by atoms with Crippen LogP contribution in [0.3, 0.4) is 0 Å². The van der Waals surface area contributed by atoms with Gasteiger partial charge in [0.1, 0.15) is 17.7 Å². The first-order chi connectivity index (χ1) is 13.0. The number of terminal acetylenes is 1. The Labute approximate surface area is 156 Å². The largest absolute Gasteiger partial charge is 0.343 e. The van der Waals surface area contributed by atoms with E-state index in [1.165, 1.54) is 6.08 Å². The van der Waals surface area contributed by atoms with Crippen molar-refractivity contribution >= 4 is 17.9 Å². The van der Waals surface area contributed by atoms with Crippen LogP contribution in [0.5, 0.6) is 0 Å². The maximum absolute atomic E-state index is 13.4. The Balaban J connectivity index is 2.11. The zero-order chi connectivity index (χ0) is 19.6. The molecule has 27 heavy (non-hydrogen) atoms. The lowest BCUT2D eigenvalue weighted by molar-refractivity contribution is -0.126. The SMILES string of the molecule is C#CCNC(=O)[C@H](Cc1cc(F)cc(F)c1)NC(=O)/C=C/c1ccccc1. The van der Waals surface area contributed by atoms with Gasteiger partial charge in [0, 0.05) is 18.6 Å². The molecule has 2 aromatic carbocycles. The molecule has 0 bridgehead atoms. The summed E-state index contributed by atoms with van der Waals surface area (Å²) in [7, 11) is 0. The molecule has 4 nitrogen and oxygen atoms in total. The fourth-order valence-corrected chi connectivity index (χ4v) is 2.39. The summed E-state index contributed by atoms with van der Waals surface area (Å²) in [5.74, 6) is -0.325. The Morgan fingerprint density at radius 2 is 1.78 bits per heavy atom. The number of halogens is 2. The van der Waals surface area contributed by atoms with Crippen molar-refractivity contribution in [2.24, 2.45) is 0 Å². The van der Waals surface area contributed by atoms with E-state index >= 15 is 0 Å². The average Bonchev–Trinajstić information content (AvgIpc) is 2.64. The molecule has 0 spiro atoms. The van der Waals surface area contributed by atoms with Crippen LogP contribution in [0.15, 0.2) is 54.6 Å². The van der Waals surface area contributed by atoms with Crippen LogP contribution in [-0.4, -0.2) is 24.4 Å². The van der Waals surface area contributed by atoms with Gasteiger partial charge in [0.25, 0.3) is 0 Å². The molecule has 0 unspecified atom stereocenters. The molecule has 2 aromatic rings. The summed E-state index contributed by atoms with van der Waals surface area (Å²) in [6, 6.07) is 11.0. The van der Waals surface area contributed by atoms with Gasteiger partial charge in [-0.1, -0.05) is 36.3 Å². The van der Waals surface area contributed by atoms with Crippen LogP contribution in [-0.2, 0) is 16.0 Å².